The van der Waals surface area contributed by atoms with Crippen molar-refractivity contribution in [3.63, 3.8) is 0 Å². The quantitative estimate of drug-likeness (QED) is 0.898. The van der Waals surface area contributed by atoms with E-state index < -0.39 is 0 Å². The van der Waals surface area contributed by atoms with Gasteiger partial charge in [0.1, 0.15) is 0 Å². The Bertz CT molecular complexity index is 507. The standard InChI is InChI=1S/C18H28N2O2S/c1-14(2)19-17(21)9-16-10-18(22-12-16)4-6-20(7-5-18)11-15-3-8-23-13-15/h3,8,13-14,16H,4-7,9-12H2,1-2H3,(H,19,21)/t16-/m1/s1. The number of nitrogens with zero attached hydrogens (tertiary/aromatic N) is 1. The van der Waals surface area contributed by atoms with Crippen LogP contribution >= 0.6 is 11.3 Å². The van der Waals surface area contributed by atoms with Crippen LogP contribution in [0.5, 0.6) is 0 Å². The molecule has 2 aliphatic heterocycles. The van der Waals surface area contributed by atoms with Gasteiger partial charge in [-0.2, -0.15) is 11.3 Å². The van der Waals surface area contributed by atoms with E-state index in [-0.39, 0.29) is 17.6 Å². The van der Waals surface area contributed by atoms with Crippen LogP contribution in [0.25, 0.3) is 0 Å². The molecule has 0 radical (unpaired) electrons. The van der Waals surface area contributed by atoms with Gasteiger partial charge in [-0.3, -0.25) is 9.69 Å². The predicted octanol–water partition coefficient (Wildman–Crippen LogP) is 3.03. The molecule has 0 aromatic carbocycles. The Hall–Kier alpha value is -0.910. The van der Waals surface area contributed by atoms with Crippen molar-refractivity contribution in [1.29, 1.82) is 0 Å². The number of carbonyl (C=O) groups excluding carboxylic acids is 1. The lowest BCUT2D eigenvalue weighted by molar-refractivity contribution is -0.122. The van der Waals surface area contributed by atoms with E-state index in [1.807, 2.05) is 13.8 Å². The molecule has 1 N–H and O–H groups in total. The van der Waals surface area contributed by atoms with Gasteiger partial charge in [-0.25, -0.2) is 0 Å². The van der Waals surface area contributed by atoms with Crippen LogP contribution in [0.3, 0.4) is 0 Å². The van der Waals surface area contributed by atoms with Crippen molar-refractivity contribution in [3.05, 3.63) is 22.4 Å². The largest absolute Gasteiger partial charge is 0.375 e. The van der Waals surface area contributed by atoms with Crippen molar-refractivity contribution >= 4 is 17.2 Å². The molecular weight excluding hydrogens is 308 g/mol. The van der Waals surface area contributed by atoms with E-state index >= 15 is 0 Å². The number of hydrogen-bond acceptors (Lipinski definition) is 4. The first-order valence-electron chi connectivity index (χ1n) is 8.71. The predicted molar refractivity (Wildman–Crippen MR) is 93.5 cm³/mol. The summed E-state index contributed by atoms with van der Waals surface area (Å²) in [5.41, 5.74) is 1.45. The molecule has 5 heteroatoms. The molecule has 3 heterocycles. The van der Waals surface area contributed by atoms with Gasteiger partial charge in [0, 0.05) is 32.1 Å². The Morgan fingerprint density at radius 2 is 2.26 bits per heavy atom. The summed E-state index contributed by atoms with van der Waals surface area (Å²) in [7, 11) is 0. The zero-order valence-electron chi connectivity index (χ0n) is 14.2. The minimum absolute atomic E-state index is 0.0356. The molecular formula is C18H28N2O2S. The second-order valence-electron chi connectivity index (χ2n) is 7.40. The van der Waals surface area contributed by atoms with Crippen molar-refractivity contribution < 1.29 is 9.53 Å². The first-order valence-corrected chi connectivity index (χ1v) is 9.66. The summed E-state index contributed by atoms with van der Waals surface area (Å²) in [6.07, 6.45) is 3.85. The van der Waals surface area contributed by atoms with Crippen LogP contribution in [0.2, 0.25) is 0 Å². The SMILES string of the molecule is CC(C)NC(=O)C[C@H]1COC2(CCN(Cc3ccsc3)CC2)C1. The van der Waals surface area contributed by atoms with Crippen LogP contribution in [0.4, 0.5) is 0 Å². The van der Waals surface area contributed by atoms with Gasteiger partial charge < -0.3 is 10.1 Å². The Balaban J connectivity index is 1.44. The lowest BCUT2D eigenvalue weighted by Gasteiger charge is -2.38. The lowest BCUT2D eigenvalue weighted by Crippen LogP contribution is -2.43. The second kappa shape index (κ2) is 7.32. The molecule has 2 fully saturated rings. The van der Waals surface area contributed by atoms with Crippen LogP contribution < -0.4 is 5.32 Å². The highest BCUT2D eigenvalue weighted by Crippen LogP contribution is 2.40. The average molecular weight is 337 g/mol. The minimum Gasteiger partial charge on any atom is -0.375 e. The van der Waals surface area contributed by atoms with Gasteiger partial charge >= 0.3 is 0 Å². The van der Waals surface area contributed by atoms with Gasteiger partial charge in [-0.05, 0) is 61.4 Å². The molecule has 0 unspecified atom stereocenters. The molecule has 1 aromatic rings. The van der Waals surface area contributed by atoms with Gasteiger partial charge in [0.05, 0.1) is 12.2 Å². The minimum atomic E-state index is 0.0356. The number of likely N-dealkylation sites (tertiary alicyclic amines) is 1. The summed E-state index contributed by atoms with van der Waals surface area (Å²) in [5, 5.41) is 7.37. The molecule has 2 saturated heterocycles. The fourth-order valence-electron chi connectivity index (χ4n) is 3.82. The van der Waals surface area contributed by atoms with E-state index in [0.29, 0.717) is 12.3 Å². The molecule has 1 spiro atoms. The van der Waals surface area contributed by atoms with Crippen LogP contribution in [0.1, 0.15) is 45.1 Å². The normalized spacial score (nSPS) is 24.4. The van der Waals surface area contributed by atoms with E-state index in [0.717, 1.165) is 45.5 Å². The summed E-state index contributed by atoms with van der Waals surface area (Å²) >= 11 is 1.77. The number of hydrogen-bond donors (Lipinski definition) is 1. The number of amides is 1. The van der Waals surface area contributed by atoms with E-state index in [4.69, 9.17) is 4.74 Å². The van der Waals surface area contributed by atoms with Crippen molar-refractivity contribution in [2.45, 2.75) is 57.7 Å². The third-order valence-corrected chi connectivity index (χ3v) is 5.70. The van der Waals surface area contributed by atoms with Crippen LogP contribution in [0, 0.1) is 5.92 Å². The fourth-order valence-corrected chi connectivity index (χ4v) is 4.48. The molecule has 3 rings (SSSR count). The Morgan fingerprint density at radius 3 is 2.91 bits per heavy atom. The topological polar surface area (TPSA) is 41.6 Å². The van der Waals surface area contributed by atoms with Gasteiger partial charge in [0.2, 0.25) is 5.91 Å². The summed E-state index contributed by atoms with van der Waals surface area (Å²) in [4.78, 5) is 14.5. The first kappa shape index (κ1) is 16.9. The molecule has 4 nitrogen and oxygen atoms in total. The summed E-state index contributed by atoms with van der Waals surface area (Å²) in [5.74, 6) is 0.553. The lowest BCUT2D eigenvalue weighted by atomic mass is 9.84. The van der Waals surface area contributed by atoms with E-state index in [2.05, 4.69) is 27.0 Å². The van der Waals surface area contributed by atoms with E-state index in [1.165, 1.54) is 5.56 Å². The zero-order valence-corrected chi connectivity index (χ0v) is 15.0. The average Bonchev–Trinajstić information content (AvgIpc) is 3.12. The third kappa shape index (κ3) is 4.55. The molecule has 1 aromatic heterocycles. The Kier molecular flexibility index (Phi) is 5.39. The molecule has 1 atom stereocenters. The molecule has 0 bridgehead atoms. The summed E-state index contributed by atoms with van der Waals surface area (Å²) in [6, 6.07) is 2.43. The van der Waals surface area contributed by atoms with Crippen LogP contribution in [-0.2, 0) is 16.1 Å². The molecule has 23 heavy (non-hydrogen) atoms. The molecule has 128 valence electrons. The molecule has 0 saturated carbocycles. The Morgan fingerprint density at radius 1 is 1.48 bits per heavy atom. The monoisotopic (exact) mass is 336 g/mol. The van der Waals surface area contributed by atoms with Crippen LogP contribution in [-0.4, -0.2) is 42.1 Å². The number of rotatable bonds is 5. The van der Waals surface area contributed by atoms with Gasteiger partial charge in [-0.1, -0.05) is 0 Å². The van der Waals surface area contributed by atoms with E-state index in [9.17, 15) is 4.79 Å². The summed E-state index contributed by atoms with van der Waals surface area (Å²) in [6.45, 7) is 8.01. The van der Waals surface area contributed by atoms with Crippen LogP contribution in [0.15, 0.2) is 16.8 Å². The number of nitrogens with one attached hydrogen (secondary N) is 1. The molecule has 1 amide bonds. The highest BCUT2D eigenvalue weighted by atomic mass is 32.1. The number of thiophene rings is 1. The van der Waals surface area contributed by atoms with Gasteiger partial charge in [0.25, 0.3) is 0 Å². The van der Waals surface area contributed by atoms with E-state index in [1.54, 1.807) is 11.3 Å². The number of carbonyl (C=O) groups is 1. The second-order valence-corrected chi connectivity index (χ2v) is 8.18. The first-order chi connectivity index (χ1) is 11.0. The highest BCUT2D eigenvalue weighted by molar-refractivity contribution is 7.07. The maximum atomic E-state index is 11.9. The third-order valence-electron chi connectivity index (χ3n) is 4.96. The zero-order chi connectivity index (χ0) is 16.3. The van der Waals surface area contributed by atoms with Gasteiger partial charge in [-0.15, -0.1) is 0 Å². The molecule has 2 aliphatic rings. The van der Waals surface area contributed by atoms with Crippen molar-refractivity contribution in [2.75, 3.05) is 19.7 Å². The summed E-state index contributed by atoms with van der Waals surface area (Å²) < 4.78 is 6.18. The maximum absolute atomic E-state index is 11.9. The number of ether oxygens (including phenoxy) is 1. The van der Waals surface area contributed by atoms with Crippen molar-refractivity contribution in [1.82, 2.24) is 10.2 Å². The van der Waals surface area contributed by atoms with Crippen molar-refractivity contribution in [3.8, 4) is 0 Å². The number of piperidine rings is 1. The highest BCUT2D eigenvalue weighted by Gasteiger charge is 2.42. The smallest absolute Gasteiger partial charge is 0.220 e. The molecule has 0 aliphatic carbocycles. The van der Waals surface area contributed by atoms with Gasteiger partial charge in [0.15, 0.2) is 0 Å². The van der Waals surface area contributed by atoms with Crippen molar-refractivity contribution in [2.24, 2.45) is 5.92 Å². The Labute approximate surface area is 143 Å². The fraction of sp³-hybridized carbons (Fsp3) is 0.722. The maximum Gasteiger partial charge on any atom is 0.220 e.